The summed E-state index contributed by atoms with van der Waals surface area (Å²) >= 11 is 0. The maximum absolute atomic E-state index is 12.9. The monoisotopic (exact) mass is 552 g/mol. The van der Waals surface area contributed by atoms with E-state index in [9.17, 15) is 51.6 Å². The smallest absolute Gasteiger partial charge is 0.387 e. The Morgan fingerprint density at radius 3 is 2.12 bits per heavy atom. The Morgan fingerprint density at radius 1 is 1.03 bits per heavy atom. The zero-order valence-corrected chi connectivity index (χ0v) is 18.1. The van der Waals surface area contributed by atoms with Gasteiger partial charge >= 0.3 is 35.3 Å². The van der Waals surface area contributed by atoms with Gasteiger partial charge in [0, 0.05) is 6.20 Å². The summed E-state index contributed by atoms with van der Waals surface area (Å²) in [6.45, 7) is -1.28. The third-order valence-electron chi connectivity index (χ3n) is 3.70. The van der Waals surface area contributed by atoms with Gasteiger partial charge in [-0.2, -0.15) is 21.8 Å². The van der Waals surface area contributed by atoms with Crippen molar-refractivity contribution in [2.75, 3.05) is 6.61 Å². The molecule has 7 N–H and O–H groups in total. The van der Waals surface area contributed by atoms with Crippen LogP contribution in [-0.4, -0.2) is 64.3 Å². The average molecular weight is 552 g/mol. The Hall–Kier alpha value is -1.24. The Balaban J connectivity index is 2.18. The molecule has 1 fully saturated rings. The number of H-pyrrole nitrogens is 1. The summed E-state index contributed by atoms with van der Waals surface area (Å²) in [5, 5.41) is 19.9. The molecule has 6 atom stereocenters. The van der Waals surface area contributed by atoms with Crippen molar-refractivity contribution in [3.63, 3.8) is 0 Å². The number of ether oxygens (including phenoxy) is 1. The minimum Gasteiger partial charge on any atom is -0.387 e. The summed E-state index contributed by atoms with van der Waals surface area (Å²) in [4.78, 5) is 59.8. The van der Waals surface area contributed by atoms with E-state index < -0.39 is 77.6 Å². The lowest BCUT2D eigenvalue weighted by Crippen LogP contribution is -2.40. The van der Waals surface area contributed by atoms with Gasteiger partial charge in [-0.15, -0.1) is 0 Å². The second kappa shape index (κ2) is 9.43. The van der Waals surface area contributed by atoms with E-state index in [0.29, 0.717) is 0 Å². The van der Waals surface area contributed by atoms with E-state index in [2.05, 4.69) is 13.1 Å². The van der Waals surface area contributed by atoms with Crippen LogP contribution in [0, 0.1) is 0 Å². The largest absolute Gasteiger partial charge is 0.490 e. The Morgan fingerprint density at radius 2 is 1.61 bits per heavy atom. The van der Waals surface area contributed by atoms with Crippen LogP contribution in [0.1, 0.15) is 11.8 Å². The molecule has 0 aliphatic carbocycles. The van der Waals surface area contributed by atoms with Crippen LogP contribution in [0.4, 0.5) is 13.2 Å². The first-order valence-corrected chi connectivity index (χ1v) is 12.5. The number of nitrogens with zero attached hydrogens (tertiary/aromatic N) is 1. The van der Waals surface area contributed by atoms with Gasteiger partial charge in [0.2, 0.25) is 0 Å². The van der Waals surface area contributed by atoms with Crippen LogP contribution in [0.15, 0.2) is 15.8 Å². The molecule has 1 aliphatic rings. The second-order valence-corrected chi connectivity index (χ2v) is 10.6. The van der Waals surface area contributed by atoms with E-state index in [1.165, 1.54) is 4.98 Å². The van der Waals surface area contributed by atoms with E-state index >= 15 is 0 Å². The number of hydrogen-bond donors (Lipinski definition) is 7. The van der Waals surface area contributed by atoms with Crippen LogP contribution in [-0.2, 0) is 37.8 Å². The van der Waals surface area contributed by atoms with Gasteiger partial charge in [0.05, 0.1) is 6.61 Å². The number of alkyl halides is 3. The van der Waals surface area contributed by atoms with Crippen molar-refractivity contribution in [3.8, 4) is 0 Å². The van der Waals surface area contributed by atoms with E-state index in [0.717, 1.165) is 0 Å². The van der Waals surface area contributed by atoms with Crippen LogP contribution in [0.3, 0.4) is 0 Å². The van der Waals surface area contributed by atoms with Gasteiger partial charge in [0.15, 0.2) is 6.23 Å². The third-order valence-corrected chi connectivity index (χ3v) is 7.51. The van der Waals surface area contributed by atoms with Crippen LogP contribution in [0.5, 0.6) is 0 Å². The summed E-state index contributed by atoms with van der Waals surface area (Å²) < 4.78 is 88.3. The number of phosphoric acid groups is 3. The van der Waals surface area contributed by atoms with Crippen molar-refractivity contribution in [2.45, 2.75) is 30.7 Å². The number of aliphatic hydroxyl groups is 2. The van der Waals surface area contributed by atoms with Crippen LogP contribution in [0.2, 0.25) is 0 Å². The van der Waals surface area contributed by atoms with Gasteiger partial charge < -0.3 is 34.5 Å². The molecule has 2 heterocycles. The highest BCUT2D eigenvalue weighted by Gasteiger charge is 2.47. The molecule has 2 rings (SSSR count). The number of rotatable bonds is 8. The summed E-state index contributed by atoms with van der Waals surface area (Å²) in [5.74, 6) is 0. The number of aromatic nitrogens is 2. The second-order valence-electron chi connectivity index (χ2n) is 6.14. The Kier molecular flexibility index (Phi) is 8.00. The fourth-order valence-corrected chi connectivity index (χ4v) is 5.47. The minimum atomic E-state index is -5.86. The quantitative estimate of drug-likeness (QED) is 0.181. The number of aromatic amines is 1. The van der Waals surface area contributed by atoms with Crippen molar-refractivity contribution in [1.82, 2.24) is 9.55 Å². The van der Waals surface area contributed by atoms with Crippen LogP contribution < -0.4 is 11.2 Å². The topological polar surface area (TPSA) is 264 Å². The molecular formula is C10H14F3N2O15P3. The molecule has 0 radical (unpaired) electrons. The summed E-state index contributed by atoms with van der Waals surface area (Å²) in [6.07, 6.45) is -13.4. The SMILES string of the molecule is O=c1[nH]c(=O)n([C@@H]2O[C@H](COP(=O)(O)OP(=O)(O)OP(=O)(O)O)C(O)C2O)cc1C(F)(F)F. The van der Waals surface area contributed by atoms with Crippen molar-refractivity contribution in [1.29, 1.82) is 0 Å². The first-order valence-electron chi connectivity index (χ1n) is 7.95. The maximum atomic E-state index is 12.9. The van der Waals surface area contributed by atoms with Gasteiger partial charge in [-0.1, -0.05) is 0 Å². The molecule has 0 aromatic carbocycles. The normalized spacial score (nSPS) is 27.8. The lowest BCUT2D eigenvalue weighted by Gasteiger charge is -2.19. The lowest BCUT2D eigenvalue weighted by molar-refractivity contribution is -0.140. The highest BCUT2D eigenvalue weighted by molar-refractivity contribution is 7.66. The van der Waals surface area contributed by atoms with Gasteiger partial charge in [-0.25, -0.2) is 18.5 Å². The molecule has 1 aromatic heterocycles. The zero-order valence-electron chi connectivity index (χ0n) is 15.4. The minimum absolute atomic E-state index is 0.00745. The van der Waals surface area contributed by atoms with Crippen LogP contribution in [0.25, 0.3) is 0 Å². The van der Waals surface area contributed by atoms with Crippen molar-refractivity contribution in [2.24, 2.45) is 0 Å². The molecule has 190 valence electrons. The lowest BCUT2D eigenvalue weighted by atomic mass is 10.1. The highest BCUT2D eigenvalue weighted by atomic mass is 31.3. The molecule has 23 heteroatoms. The zero-order chi connectivity index (χ0) is 25.6. The van der Waals surface area contributed by atoms with Gasteiger partial charge in [-0.3, -0.25) is 18.9 Å². The first kappa shape index (κ1) is 28.0. The Bertz CT molecular complexity index is 1140. The molecule has 1 aromatic rings. The van der Waals surface area contributed by atoms with E-state index in [4.69, 9.17) is 19.4 Å². The molecular weight excluding hydrogens is 538 g/mol. The van der Waals surface area contributed by atoms with Gasteiger partial charge in [0.25, 0.3) is 5.56 Å². The number of hydrogen-bond acceptors (Lipinski definition) is 11. The van der Waals surface area contributed by atoms with Gasteiger partial charge in [0.1, 0.15) is 23.9 Å². The van der Waals surface area contributed by atoms with E-state index in [1.807, 2.05) is 0 Å². The fourth-order valence-electron chi connectivity index (χ4n) is 2.44. The molecule has 4 unspecified atom stereocenters. The highest BCUT2D eigenvalue weighted by Crippen LogP contribution is 2.66. The maximum Gasteiger partial charge on any atom is 0.490 e. The number of phosphoric ester groups is 1. The third kappa shape index (κ3) is 7.37. The molecule has 0 bridgehead atoms. The summed E-state index contributed by atoms with van der Waals surface area (Å²) in [7, 11) is -17.2. The summed E-state index contributed by atoms with van der Waals surface area (Å²) in [6, 6.07) is 0. The van der Waals surface area contributed by atoms with E-state index in [1.54, 1.807) is 0 Å². The van der Waals surface area contributed by atoms with Gasteiger partial charge in [-0.05, 0) is 0 Å². The molecule has 33 heavy (non-hydrogen) atoms. The number of nitrogens with one attached hydrogen (secondary N) is 1. The fraction of sp³-hybridized carbons (Fsp3) is 0.600. The molecule has 0 spiro atoms. The molecule has 0 saturated carbocycles. The van der Waals surface area contributed by atoms with Crippen molar-refractivity contribution in [3.05, 3.63) is 32.6 Å². The molecule has 0 amide bonds. The van der Waals surface area contributed by atoms with Crippen LogP contribution >= 0.6 is 23.5 Å². The first-order chi connectivity index (χ1) is 14.7. The average Bonchev–Trinajstić information content (AvgIpc) is 2.84. The van der Waals surface area contributed by atoms with Crippen molar-refractivity contribution >= 4 is 23.5 Å². The predicted molar refractivity (Wildman–Crippen MR) is 92.1 cm³/mol. The summed E-state index contributed by atoms with van der Waals surface area (Å²) in [5.41, 5.74) is -5.15. The number of aliphatic hydroxyl groups excluding tert-OH is 2. The number of halogens is 3. The standard InChI is InChI=1S/C10H14F3N2O15P3/c11-10(12,13)3-1-15(9(19)14-7(3)18)8-6(17)5(16)4(28-8)2-27-32(23,24)30-33(25,26)29-31(20,21)22/h1,4-6,8,16-17H,2H2,(H,23,24)(H,25,26)(H,14,18,19)(H2,20,21,22)/t4-,5?,6?,8-/m1/s1. The van der Waals surface area contributed by atoms with Crippen molar-refractivity contribution < 1.29 is 74.5 Å². The molecule has 1 aliphatic heterocycles. The molecule has 1 saturated heterocycles. The van der Waals surface area contributed by atoms with E-state index in [-0.39, 0.29) is 10.8 Å². The molecule has 17 nitrogen and oxygen atoms in total. The predicted octanol–water partition coefficient (Wildman–Crippen LogP) is -1.48. The Labute approximate surface area is 178 Å².